The molecule has 152 valence electrons. The zero-order valence-corrected chi connectivity index (χ0v) is 17.0. The van der Waals surface area contributed by atoms with E-state index < -0.39 is 5.60 Å². The Morgan fingerprint density at radius 3 is 2.89 bits per heavy atom. The van der Waals surface area contributed by atoms with Gasteiger partial charge < -0.3 is 19.7 Å². The van der Waals surface area contributed by atoms with Gasteiger partial charge in [0.25, 0.3) is 5.91 Å². The van der Waals surface area contributed by atoms with Gasteiger partial charge in [0.05, 0.1) is 12.6 Å². The second-order valence-corrected chi connectivity index (χ2v) is 9.13. The van der Waals surface area contributed by atoms with Gasteiger partial charge in [0.1, 0.15) is 11.4 Å². The number of benzene rings is 1. The highest BCUT2D eigenvalue weighted by molar-refractivity contribution is 5.96. The van der Waals surface area contributed by atoms with Crippen LogP contribution in [0.5, 0.6) is 5.75 Å². The van der Waals surface area contributed by atoms with Crippen molar-refractivity contribution in [2.75, 3.05) is 13.2 Å². The summed E-state index contributed by atoms with van der Waals surface area (Å²) in [6.07, 6.45) is 4.77. The molecule has 3 atom stereocenters. The summed E-state index contributed by atoms with van der Waals surface area (Å²) < 4.78 is 11.2. The Morgan fingerprint density at radius 2 is 2.11 bits per heavy atom. The zero-order chi connectivity index (χ0) is 19.9. The van der Waals surface area contributed by atoms with E-state index in [1.165, 1.54) is 0 Å². The molecule has 6 heteroatoms. The van der Waals surface area contributed by atoms with E-state index in [1.54, 1.807) is 0 Å². The number of fused-ring (bicyclic) bond motifs is 2. The third-order valence-electron chi connectivity index (χ3n) is 6.03. The molecule has 4 rings (SSSR count). The minimum absolute atomic E-state index is 0.0119. The minimum Gasteiger partial charge on any atom is -0.493 e. The fourth-order valence-corrected chi connectivity index (χ4v) is 4.91. The lowest BCUT2D eigenvalue weighted by Gasteiger charge is -2.32. The van der Waals surface area contributed by atoms with Crippen LogP contribution in [0.25, 0.3) is 0 Å². The molecule has 2 aliphatic heterocycles. The van der Waals surface area contributed by atoms with Crippen molar-refractivity contribution in [3.8, 4) is 5.75 Å². The van der Waals surface area contributed by atoms with Gasteiger partial charge in [0, 0.05) is 30.1 Å². The molecule has 2 heterocycles. The van der Waals surface area contributed by atoms with Crippen LogP contribution in [0.2, 0.25) is 0 Å². The molecule has 1 saturated carbocycles. The quantitative estimate of drug-likeness (QED) is 0.863. The highest BCUT2D eigenvalue weighted by Gasteiger charge is 2.47. The molecular formula is C22H30N2O4. The summed E-state index contributed by atoms with van der Waals surface area (Å²) in [5, 5.41) is 3.06. The van der Waals surface area contributed by atoms with Crippen LogP contribution in [0, 0.1) is 5.92 Å². The van der Waals surface area contributed by atoms with Crippen LogP contribution < -0.4 is 10.1 Å². The number of amides is 2. The maximum absolute atomic E-state index is 12.9. The van der Waals surface area contributed by atoms with Gasteiger partial charge in [0.15, 0.2) is 0 Å². The highest BCUT2D eigenvalue weighted by Crippen LogP contribution is 2.41. The molecular weight excluding hydrogens is 356 g/mol. The van der Waals surface area contributed by atoms with E-state index in [-0.39, 0.29) is 24.1 Å². The normalized spacial score (nSPS) is 25.8. The average molecular weight is 386 g/mol. The first-order chi connectivity index (χ1) is 13.3. The predicted molar refractivity (Wildman–Crippen MR) is 106 cm³/mol. The molecule has 1 N–H and O–H groups in total. The zero-order valence-electron chi connectivity index (χ0n) is 17.0. The topological polar surface area (TPSA) is 67.9 Å². The van der Waals surface area contributed by atoms with Crippen molar-refractivity contribution in [1.82, 2.24) is 10.2 Å². The Kier molecular flexibility index (Phi) is 4.98. The Balaban J connectivity index is 1.45. The lowest BCUT2D eigenvalue weighted by Crippen LogP contribution is -2.48. The predicted octanol–water partition coefficient (Wildman–Crippen LogP) is 3.53. The van der Waals surface area contributed by atoms with Crippen molar-refractivity contribution in [2.24, 2.45) is 5.92 Å². The van der Waals surface area contributed by atoms with Gasteiger partial charge in [-0.1, -0.05) is 12.5 Å². The van der Waals surface area contributed by atoms with E-state index in [9.17, 15) is 9.59 Å². The Labute approximate surface area is 166 Å². The molecule has 1 aliphatic carbocycles. The van der Waals surface area contributed by atoms with Crippen molar-refractivity contribution >= 4 is 12.0 Å². The number of rotatable bonds is 3. The van der Waals surface area contributed by atoms with Crippen molar-refractivity contribution in [3.63, 3.8) is 0 Å². The van der Waals surface area contributed by atoms with Crippen molar-refractivity contribution in [3.05, 3.63) is 29.3 Å². The molecule has 2 fully saturated rings. The number of carbonyl (C=O) groups excluding carboxylic acids is 2. The van der Waals surface area contributed by atoms with Gasteiger partial charge in [0.2, 0.25) is 0 Å². The minimum atomic E-state index is -0.522. The molecule has 0 bridgehead atoms. The lowest BCUT2D eigenvalue weighted by atomic mass is 10.0. The van der Waals surface area contributed by atoms with Crippen molar-refractivity contribution < 1.29 is 19.1 Å². The standard InChI is InChI=1S/C22H30N2O4/c1-22(2,3)28-21(26)24-15(12-14-6-4-8-18(14)24)13-23-20(25)17-7-5-9-19-16(17)10-11-27-19/h5,7,9,14-15,18H,4,6,8,10-13H2,1-3H3,(H,23,25). The van der Waals surface area contributed by atoms with E-state index in [2.05, 4.69) is 5.32 Å². The number of nitrogens with one attached hydrogen (secondary N) is 1. The first-order valence-electron chi connectivity index (χ1n) is 10.4. The fraction of sp³-hybridized carbons (Fsp3) is 0.636. The van der Waals surface area contributed by atoms with Crippen LogP contribution in [0.15, 0.2) is 18.2 Å². The van der Waals surface area contributed by atoms with Gasteiger partial charge >= 0.3 is 6.09 Å². The van der Waals surface area contributed by atoms with Crippen LogP contribution in [0.3, 0.4) is 0 Å². The van der Waals surface area contributed by atoms with Crippen molar-refractivity contribution in [1.29, 1.82) is 0 Å². The smallest absolute Gasteiger partial charge is 0.410 e. The van der Waals surface area contributed by atoms with Crippen LogP contribution >= 0.6 is 0 Å². The third-order valence-corrected chi connectivity index (χ3v) is 6.03. The molecule has 1 aromatic rings. The summed E-state index contributed by atoms with van der Waals surface area (Å²) >= 11 is 0. The van der Waals surface area contributed by atoms with Crippen LogP contribution in [0.4, 0.5) is 4.79 Å². The summed E-state index contributed by atoms with van der Waals surface area (Å²) in [6, 6.07) is 5.83. The average Bonchev–Trinajstić information content (AvgIpc) is 3.32. The number of nitrogens with zero attached hydrogens (tertiary/aromatic N) is 1. The van der Waals surface area contributed by atoms with Gasteiger partial charge in [-0.3, -0.25) is 4.79 Å². The van der Waals surface area contributed by atoms with Crippen molar-refractivity contribution in [2.45, 2.75) is 70.6 Å². The van der Waals surface area contributed by atoms with Crippen LogP contribution in [-0.4, -0.2) is 47.7 Å². The van der Waals surface area contributed by atoms with E-state index in [0.29, 0.717) is 24.6 Å². The summed E-state index contributed by atoms with van der Waals surface area (Å²) in [4.78, 5) is 27.6. The molecule has 6 nitrogen and oxygen atoms in total. The van der Waals surface area contributed by atoms with Gasteiger partial charge in [-0.2, -0.15) is 0 Å². The van der Waals surface area contributed by atoms with E-state index in [0.717, 1.165) is 43.4 Å². The van der Waals surface area contributed by atoms with E-state index >= 15 is 0 Å². The maximum atomic E-state index is 12.9. The summed E-state index contributed by atoms with van der Waals surface area (Å²) in [5.74, 6) is 1.23. The van der Waals surface area contributed by atoms with E-state index in [4.69, 9.17) is 9.47 Å². The monoisotopic (exact) mass is 386 g/mol. The summed E-state index contributed by atoms with van der Waals surface area (Å²) in [5.41, 5.74) is 1.14. The second kappa shape index (κ2) is 7.30. The number of ether oxygens (including phenoxy) is 2. The molecule has 0 aromatic heterocycles. The van der Waals surface area contributed by atoms with Gasteiger partial charge in [-0.05, 0) is 58.1 Å². The van der Waals surface area contributed by atoms with Gasteiger partial charge in [-0.15, -0.1) is 0 Å². The molecule has 3 unspecified atom stereocenters. The molecule has 2 amide bonds. The maximum Gasteiger partial charge on any atom is 0.410 e. The highest BCUT2D eigenvalue weighted by atomic mass is 16.6. The number of hydrogen-bond acceptors (Lipinski definition) is 4. The Morgan fingerprint density at radius 1 is 1.29 bits per heavy atom. The summed E-state index contributed by atoms with van der Waals surface area (Å²) in [7, 11) is 0. The SMILES string of the molecule is CC(C)(C)OC(=O)N1C(CNC(=O)c2cccc3c2CCO3)CC2CCCC21. The van der Waals surface area contributed by atoms with Gasteiger partial charge in [-0.25, -0.2) is 4.79 Å². The van der Waals surface area contributed by atoms with Crippen LogP contribution in [-0.2, 0) is 11.2 Å². The first-order valence-corrected chi connectivity index (χ1v) is 10.4. The molecule has 1 aromatic carbocycles. The molecule has 0 radical (unpaired) electrons. The number of carbonyl (C=O) groups is 2. The molecule has 1 saturated heterocycles. The Bertz CT molecular complexity index is 770. The summed E-state index contributed by atoms with van der Waals surface area (Å²) in [6.45, 7) is 6.75. The largest absolute Gasteiger partial charge is 0.493 e. The molecule has 3 aliphatic rings. The molecule has 0 spiro atoms. The third kappa shape index (κ3) is 3.69. The Hall–Kier alpha value is -2.24. The van der Waals surface area contributed by atoms with E-state index in [1.807, 2.05) is 43.9 Å². The molecule has 28 heavy (non-hydrogen) atoms. The second-order valence-electron chi connectivity index (χ2n) is 9.13. The fourth-order valence-electron chi connectivity index (χ4n) is 4.91. The first kappa shape index (κ1) is 19.1. The number of hydrogen-bond donors (Lipinski definition) is 1. The van der Waals surface area contributed by atoms with Crippen LogP contribution in [0.1, 0.15) is 62.4 Å². The lowest BCUT2D eigenvalue weighted by molar-refractivity contribution is 0.0138. The number of likely N-dealkylation sites (tertiary alicyclic amines) is 1.